The molecule has 0 bridgehead atoms. The van der Waals surface area contributed by atoms with Crippen molar-refractivity contribution in [2.45, 2.75) is 13.0 Å². The van der Waals surface area contributed by atoms with Gasteiger partial charge in [0.1, 0.15) is 17.3 Å². The molecule has 3 N–H and O–H groups in total. The van der Waals surface area contributed by atoms with Crippen molar-refractivity contribution < 1.29 is 19.0 Å². The molecule has 104 valence electrons. The predicted octanol–water partition coefficient (Wildman–Crippen LogP) is 2.77. The van der Waals surface area contributed by atoms with Gasteiger partial charge >= 0.3 is 0 Å². The lowest BCUT2D eigenvalue weighted by Gasteiger charge is -2.14. The standard InChI is InChI=1S/C15H14FNO3/c1-9(18)12-8-10(16)6-7-14(12)20-13-5-3-2-4-11(13)15(17)19/h2-9,18H,1H3,(H2,17,19). The molecule has 1 amide bonds. The van der Waals surface area contributed by atoms with E-state index in [-0.39, 0.29) is 17.1 Å². The number of amides is 1. The highest BCUT2D eigenvalue weighted by molar-refractivity contribution is 5.95. The molecule has 0 aliphatic rings. The van der Waals surface area contributed by atoms with E-state index >= 15 is 0 Å². The Labute approximate surface area is 115 Å². The van der Waals surface area contributed by atoms with Crippen LogP contribution in [-0.4, -0.2) is 11.0 Å². The maximum absolute atomic E-state index is 13.2. The number of nitrogens with two attached hydrogens (primary N) is 1. The fraction of sp³-hybridized carbons (Fsp3) is 0.133. The number of halogens is 1. The van der Waals surface area contributed by atoms with Gasteiger partial charge in [-0.15, -0.1) is 0 Å². The Kier molecular flexibility index (Phi) is 4.00. The number of aliphatic hydroxyl groups is 1. The molecule has 4 nitrogen and oxygen atoms in total. The first-order valence-corrected chi connectivity index (χ1v) is 6.03. The number of para-hydroxylation sites is 1. The molecular formula is C15H14FNO3. The quantitative estimate of drug-likeness (QED) is 0.901. The Morgan fingerprint density at radius 2 is 1.95 bits per heavy atom. The zero-order valence-corrected chi connectivity index (χ0v) is 10.8. The van der Waals surface area contributed by atoms with Crippen molar-refractivity contribution in [1.82, 2.24) is 0 Å². The molecule has 20 heavy (non-hydrogen) atoms. The normalized spacial score (nSPS) is 11.9. The fourth-order valence-electron chi connectivity index (χ4n) is 1.82. The number of ether oxygens (including phenoxy) is 1. The predicted molar refractivity (Wildman–Crippen MR) is 72.1 cm³/mol. The average Bonchev–Trinajstić information content (AvgIpc) is 2.41. The Bertz CT molecular complexity index is 641. The summed E-state index contributed by atoms with van der Waals surface area (Å²) < 4.78 is 18.8. The monoisotopic (exact) mass is 275 g/mol. The highest BCUT2D eigenvalue weighted by atomic mass is 19.1. The van der Waals surface area contributed by atoms with E-state index in [1.165, 1.54) is 31.2 Å². The van der Waals surface area contributed by atoms with E-state index in [0.29, 0.717) is 5.56 Å². The first kappa shape index (κ1) is 14.0. The minimum absolute atomic E-state index is 0.216. The smallest absolute Gasteiger partial charge is 0.252 e. The van der Waals surface area contributed by atoms with Gasteiger partial charge in [-0.3, -0.25) is 4.79 Å². The van der Waals surface area contributed by atoms with Gasteiger partial charge < -0.3 is 15.6 Å². The van der Waals surface area contributed by atoms with Crippen molar-refractivity contribution in [2.75, 3.05) is 0 Å². The van der Waals surface area contributed by atoms with Crippen LogP contribution in [0.1, 0.15) is 28.9 Å². The van der Waals surface area contributed by atoms with Gasteiger partial charge in [0.05, 0.1) is 11.7 Å². The number of carbonyl (C=O) groups is 1. The van der Waals surface area contributed by atoms with Gasteiger partial charge in [-0.25, -0.2) is 4.39 Å². The van der Waals surface area contributed by atoms with Crippen LogP contribution in [0.5, 0.6) is 11.5 Å². The molecule has 0 aromatic heterocycles. The summed E-state index contributed by atoms with van der Waals surface area (Å²) in [6.45, 7) is 1.50. The van der Waals surface area contributed by atoms with E-state index in [0.717, 1.165) is 0 Å². The first-order chi connectivity index (χ1) is 9.49. The van der Waals surface area contributed by atoms with Crippen molar-refractivity contribution in [3.8, 4) is 11.5 Å². The SMILES string of the molecule is CC(O)c1cc(F)ccc1Oc1ccccc1C(N)=O. The van der Waals surface area contributed by atoms with Gasteiger partial charge in [0, 0.05) is 5.56 Å². The van der Waals surface area contributed by atoms with Crippen LogP contribution in [0.3, 0.4) is 0 Å². The van der Waals surface area contributed by atoms with Crippen LogP contribution in [0.25, 0.3) is 0 Å². The first-order valence-electron chi connectivity index (χ1n) is 6.03. The molecule has 2 aromatic rings. The Hall–Kier alpha value is -2.40. The van der Waals surface area contributed by atoms with Gasteiger partial charge in [0.25, 0.3) is 5.91 Å². The molecule has 2 rings (SSSR count). The summed E-state index contributed by atoms with van der Waals surface area (Å²) in [5.74, 6) is -0.568. The molecule has 0 aliphatic heterocycles. The van der Waals surface area contributed by atoms with Crippen LogP contribution in [-0.2, 0) is 0 Å². The lowest BCUT2D eigenvalue weighted by atomic mass is 10.1. The zero-order chi connectivity index (χ0) is 14.7. The molecule has 0 saturated heterocycles. The minimum atomic E-state index is -0.901. The van der Waals surface area contributed by atoms with Crippen molar-refractivity contribution in [1.29, 1.82) is 0 Å². The number of primary amides is 1. The summed E-state index contributed by atoms with van der Waals surface area (Å²) in [5, 5.41) is 9.65. The Morgan fingerprint density at radius 1 is 1.25 bits per heavy atom. The van der Waals surface area contributed by atoms with Crippen LogP contribution in [0.2, 0.25) is 0 Å². The van der Waals surface area contributed by atoms with Crippen molar-refractivity contribution in [2.24, 2.45) is 5.73 Å². The van der Waals surface area contributed by atoms with E-state index in [9.17, 15) is 14.3 Å². The summed E-state index contributed by atoms with van der Waals surface area (Å²) in [6.07, 6.45) is -0.901. The molecular weight excluding hydrogens is 261 g/mol. The van der Waals surface area contributed by atoms with Crippen molar-refractivity contribution >= 4 is 5.91 Å². The second-order valence-corrected chi connectivity index (χ2v) is 4.32. The lowest BCUT2D eigenvalue weighted by molar-refractivity contribution is 0.0998. The molecule has 1 unspecified atom stereocenters. The second kappa shape index (κ2) is 5.71. The van der Waals surface area contributed by atoms with Crippen LogP contribution in [0.15, 0.2) is 42.5 Å². The van der Waals surface area contributed by atoms with Crippen LogP contribution < -0.4 is 10.5 Å². The average molecular weight is 275 g/mol. The lowest BCUT2D eigenvalue weighted by Crippen LogP contribution is -2.12. The largest absolute Gasteiger partial charge is 0.456 e. The third-order valence-electron chi connectivity index (χ3n) is 2.79. The summed E-state index contributed by atoms with van der Waals surface area (Å²) in [7, 11) is 0. The van der Waals surface area contributed by atoms with E-state index < -0.39 is 17.8 Å². The molecule has 0 spiro atoms. The Morgan fingerprint density at radius 3 is 2.60 bits per heavy atom. The van der Waals surface area contributed by atoms with Gasteiger partial charge in [-0.1, -0.05) is 12.1 Å². The maximum Gasteiger partial charge on any atom is 0.252 e. The molecule has 0 aliphatic carbocycles. The van der Waals surface area contributed by atoms with Crippen LogP contribution in [0.4, 0.5) is 4.39 Å². The highest BCUT2D eigenvalue weighted by Crippen LogP contribution is 2.31. The highest BCUT2D eigenvalue weighted by Gasteiger charge is 2.14. The van der Waals surface area contributed by atoms with Gasteiger partial charge in [0.15, 0.2) is 0 Å². The van der Waals surface area contributed by atoms with E-state index in [4.69, 9.17) is 10.5 Å². The number of hydrogen-bond donors (Lipinski definition) is 2. The Balaban J connectivity index is 2.43. The summed E-state index contributed by atoms with van der Waals surface area (Å²) >= 11 is 0. The number of rotatable bonds is 4. The van der Waals surface area contributed by atoms with Gasteiger partial charge in [0.2, 0.25) is 0 Å². The van der Waals surface area contributed by atoms with E-state index in [1.807, 2.05) is 0 Å². The second-order valence-electron chi connectivity index (χ2n) is 4.32. The van der Waals surface area contributed by atoms with E-state index in [1.54, 1.807) is 18.2 Å². The van der Waals surface area contributed by atoms with Crippen LogP contribution in [0, 0.1) is 5.82 Å². The third kappa shape index (κ3) is 2.95. The molecule has 2 aromatic carbocycles. The molecule has 0 heterocycles. The summed E-state index contributed by atoms with van der Waals surface area (Å²) in [5.41, 5.74) is 5.77. The topological polar surface area (TPSA) is 72.6 Å². The van der Waals surface area contributed by atoms with Gasteiger partial charge in [-0.05, 0) is 37.3 Å². The summed E-state index contributed by atoms with van der Waals surface area (Å²) in [6, 6.07) is 10.3. The molecule has 0 saturated carbocycles. The van der Waals surface area contributed by atoms with E-state index in [2.05, 4.69) is 0 Å². The van der Waals surface area contributed by atoms with Crippen molar-refractivity contribution in [3.63, 3.8) is 0 Å². The molecule has 0 radical (unpaired) electrons. The minimum Gasteiger partial charge on any atom is -0.456 e. The van der Waals surface area contributed by atoms with Crippen molar-refractivity contribution in [3.05, 3.63) is 59.4 Å². The number of aliphatic hydroxyl groups excluding tert-OH is 1. The van der Waals surface area contributed by atoms with Crippen LogP contribution >= 0.6 is 0 Å². The number of hydrogen-bond acceptors (Lipinski definition) is 3. The third-order valence-corrected chi connectivity index (χ3v) is 2.79. The van der Waals surface area contributed by atoms with Gasteiger partial charge in [-0.2, -0.15) is 0 Å². The molecule has 5 heteroatoms. The maximum atomic E-state index is 13.2. The molecule has 1 atom stereocenters. The molecule has 0 fully saturated rings. The summed E-state index contributed by atoms with van der Waals surface area (Å²) in [4.78, 5) is 11.3. The fourth-order valence-corrected chi connectivity index (χ4v) is 1.82. The number of benzene rings is 2. The zero-order valence-electron chi connectivity index (χ0n) is 10.8. The number of carbonyl (C=O) groups excluding carboxylic acids is 1.